The first-order valence-corrected chi connectivity index (χ1v) is 10.6. The molecule has 3 aromatic carbocycles. The van der Waals surface area contributed by atoms with Gasteiger partial charge in [-0.05, 0) is 24.3 Å². The molecule has 1 N–H and O–H groups in total. The summed E-state index contributed by atoms with van der Waals surface area (Å²) in [6.07, 6.45) is 0. The van der Waals surface area contributed by atoms with Crippen molar-refractivity contribution in [3.05, 3.63) is 87.9 Å². The first-order valence-electron chi connectivity index (χ1n) is 9.19. The fraction of sp³-hybridized carbons (Fsp3) is 0.0455. The number of benzene rings is 3. The maximum absolute atomic E-state index is 12.5. The van der Waals surface area contributed by atoms with Crippen LogP contribution in [0.15, 0.2) is 77.8 Å². The third-order valence-corrected chi connectivity index (χ3v) is 5.56. The van der Waals surface area contributed by atoms with E-state index in [2.05, 4.69) is 15.3 Å². The minimum absolute atomic E-state index is 0.0650. The molecule has 7 nitrogen and oxygen atoms in total. The van der Waals surface area contributed by atoms with Gasteiger partial charge >= 0.3 is 0 Å². The lowest BCUT2D eigenvalue weighted by molar-refractivity contribution is -0.384. The Labute approximate surface area is 186 Å². The number of nitrogens with zero attached hydrogens (tertiary/aromatic N) is 3. The number of nitro groups is 1. The molecule has 0 fully saturated rings. The van der Waals surface area contributed by atoms with Gasteiger partial charge in [-0.15, -0.1) is 0 Å². The number of aromatic nitrogens is 2. The quantitative estimate of drug-likeness (QED) is 0.178. The van der Waals surface area contributed by atoms with E-state index >= 15 is 0 Å². The van der Waals surface area contributed by atoms with Crippen LogP contribution in [0.4, 0.5) is 11.4 Å². The Morgan fingerprint density at radius 1 is 1.03 bits per heavy atom. The number of anilines is 1. The Balaban J connectivity index is 1.58. The first-order chi connectivity index (χ1) is 15.0. The summed E-state index contributed by atoms with van der Waals surface area (Å²) < 4.78 is 0. The summed E-state index contributed by atoms with van der Waals surface area (Å²) in [5.41, 5.74) is 1.86. The molecule has 0 aliphatic heterocycles. The minimum Gasteiger partial charge on any atom is -0.325 e. The van der Waals surface area contributed by atoms with Crippen LogP contribution in [0, 0.1) is 10.1 Å². The lowest BCUT2D eigenvalue weighted by Crippen LogP contribution is -2.14. The van der Waals surface area contributed by atoms with Crippen molar-refractivity contribution in [3.63, 3.8) is 0 Å². The van der Waals surface area contributed by atoms with Gasteiger partial charge in [0, 0.05) is 33.8 Å². The molecule has 0 aliphatic rings. The van der Waals surface area contributed by atoms with Crippen LogP contribution in [0.5, 0.6) is 0 Å². The number of hydrogen-bond acceptors (Lipinski definition) is 6. The molecule has 0 aliphatic carbocycles. The van der Waals surface area contributed by atoms with Gasteiger partial charge in [-0.1, -0.05) is 59.8 Å². The molecule has 0 radical (unpaired) electrons. The fourth-order valence-electron chi connectivity index (χ4n) is 2.93. The molecule has 0 saturated carbocycles. The van der Waals surface area contributed by atoms with Crippen molar-refractivity contribution in [2.24, 2.45) is 0 Å². The van der Waals surface area contributed by atoms with Gasteiger partial charge in [0.1, 0.15) is 5.03 Å². The van der Waals surface area contributed by atoms with Crippen LogP contribution in [0.3, 0.4) is 0 Å². The number of carbonyl (C=O) groups is 1. The number of amides is 1. The maximum Gasteiger partial charge on any atom is 0.271 e. The maximum atomic E-state index is 12.5. The van der Waals surface area contributed by atoms with Gasteiger partial charge in [0.15, 0.2) is 5.82 Å². The molecule has 154 valence electrons. The van der Waals surface area contributed by atoms with E-state index in [1.165, 1.54) is 30.0 Å². The number of non-ortho nitro benzene ring substituents is 1. The summed E-state index contributed by atoms with van der Waals surface area (Å²) in [4.78, 5) is 32.1. The highest BCUT2D eigenvalue weighted by Crippen LogP contribution is 2.30. The van der Waals surface area contributed by atoms with E-state index in [4.69, 9.17) is 11.6 Å². The smallest absolute Gasteiger partial charge is 0.271 e. The van der Waals surface area contributed by atoms with Crippen molar-refractivity contribution in [1.29, 1.82) is 0 Å². The molecular weight excluding hydrogens is 436 g/mol. The van der Waals surface area contributed by atoms with Crippen LogP contribution in [0.1, 0.15) is 0 Å². The number of halogens is 1. The first kappa shape index (κ1) is 20.8. The van der Waals surface area contributed by atoms with Crippen LogP contribution >= 0.6 is 23.4 Å². The lowest BCUT2D eigenvalue weighted by atomic mass is 10.2. The zero-order chi connectivity index (χ0) is 21.8. The summed E-state index contributed by atoms with van der Waals surface area (Å²) in [5.74, 6) is 0.313. The molecule has 4 rings (SSSR count). The topological polar surface area (TPSA) is 98.0 Å². The molecule has 1 amide bonds. The Kier molecular flexibility index (Phi) is 6.11. The van der Waals surface area contributed by atoms with E-state index in [0.717, 1.165) is 16.5 Å². The average molecular weight is 451 g/mol. The van der Waals surface area contributed by atoms with Crippen LogP contribution in [-0.2, 0) is 4.79 Å². The van der Waals surface area contributed by atoms with E-state index < -0.39 is 4.92 Å². The number of rotatable bonds is 6. The average Bonchev–Trinajstić information content (AvgIpc) is 2.78. The molecule has 1 aromatic heterocycles. The van der Waals surface area contributed by atoms with Crippen molar-refractivity contribution in [3.8, 4) is 11.4 Å². The largest absolute Gasteiger partial charge is 0.325 e. The van der Waals surface area contributed by atoms with Gasteiger partial charge in [-0.25, -0.2) is 9.97 Å². The number of nitrogens with one attached hydrogen (secondary N) is 1. The van der Waals surface area contributed by atoms with Crippen LogP contribution < -0.4 is 5.32 Å². The highest BCUT2D eigenvalue weighted by Gasteiger charge is 2.13. The SMILES string of the molecule is O=C(CSc1nc(-c2ccccc2)nc2ccc(Cl)cc12)Nc1cccc([N+](=O)[O-])c1. The number of hydrogen-bond donors (Lipinski definition) is 1. The predicted molar refractivity (Wildman–Crippen MR) is 122 cm³/mol. The summed E-state index contributed by atoms with van der Waals surface area (Å²) in [6, 6.07) is 20.7. The molecule has 9 heteroatoms. The van der Waals surface area contributed by atoms with Gasteiger partial charge in [0.2, 0.25) is 5.91 Å². The Morgan fingerprint density at radius 2 is 1.84 bits per heavy atom. The summed E-state index contributed by atoms with van der Waals surface area (Å²) in [7, 11) is 0. The molecule has 4 aromatic rings. The van der Waals surface area contributed by atoms with Crippen molar-refractivity contribution in [1.82, 2.24) is 9.97 Å². The second-order valence-corrected chi connectivity index (χ2v) is 7.92. The van der Waals surface area contributed by atoms with Gasteiger partial charge in [-0.3, -0.25) is 14.9 Å². The number of nitro benzene ring substituents is 1. The monoisotopic (exact) mass is 450 g/mol. The Bertz CT molecular complexity index is 1280. The van der Waals surface area contributed by atoms with Crippen molar-refractivity contribution in [2.75, 3.05) is 11.1 Å². The molecule has 0 atom stereocenters. The van der Waals surface area contributed by atoms with Crippen LogP contribution in [0.25, 0.3) is 22.3 Å². The van der Waals surface area contributed by atoms with Gasteiger partial charge < -0.3 is 5.32 Å². The second-order valence-electron chi connectivity index (χ2n) is 6.52. The van der Waals surface area contributed by atoms with Gasteiger partial charge in [0.05, 0.1) is 16.2 Å². The van der Waals surface area contributed by atoms with Crippen molar-refractivity contribution < 1.29 is 9.72 Å². The van der Waals surface area contributed by atoms with Crippen molar-refractivity contribution >= 4 is 51.5 Å². The normalized spacial score (nSPS) is 10.7. The zero-order valence-corrected chi connectivity index (χ0v) is 17.6. The molecule has 0 spiro atoms. The molecule has 0 saturated heterocycles. The predicted octanol–water partition coefficient (Wildman–Crippen LogP) is 5.59. The molecule has 31 heavy (non-hydrogen) atoms. The lowest BCUT2D eigenvalue weighted by Gasteiger charge is -2.09. The highest BCUT2D eigenvalue weighted by molar-refractivity contribution is 8.00. The van der Waals surface area contributed by atoms with Crippen LogP contribution in [0.2, 0.25) is 5.02 Å². The zero-order valence-electron chi connectivity index (χ0n) is 16.0. The van der Waals surface area contributed by atoms with E-state index in [0.29, 0.717) is 21.6 Å². The minimum atomic E-state index is -0.508. The summed E-state index contributed by atoms with van der Waals surface area (Å²) in [6.45, 7) is 0. The number of fused-ring (bicyclic) bond motifs is 1. The highest BCUT2D eigenvalue weighted by atomic mass is 35.5. The Morgan fingerprint density at radius 3 is 2.61 bits per heavy atom. The van der Waals surface area contributed by atoms with E-state index in [1.807, 2.05) is 36.4 Å². The van der Waals surface area contributed by atoms with Crippen LogP contribution in [-0.4, -0.2) is 26.6 Å². The second kappa shape index (κ2) is 9.11. The number of carbonyl (C=O) groups excluding carboxylic acids is 1. The third-order valence-electron chi connectivity index (χ3n) is 4.34. The molecular formula is C22H15ClN4O3S. The summed E-state index contributed by atoms with van der Waals surface area (Å²) >= 11 is 7.41. The molecule has 0 unspecified atom stereocenters. The molecule has 1 heterocycles. The van der Waals surface area contributed by atoms with Gasteiger partial charge in [0.25, 0.3) is 5.69 Å². The molecule has 0 bridgehead atoms. The van der Waals surface area contributed by atoms with E-state index in [-0.39, 0.29) is 17.3 Å². The Hall–Kier alpha value is -3.49. The van der Waals surface area contributed by atoms with Crippen molar-refractivity contribution in [2.45, 2.75) is 5.03 Å². The number of thioether (sulfide) groups is 1. The van der Waals surface area contributed by atoms with E-state index in [9.17, 15) is 14.9 Å². The van der Waals surface area contributed by atoms with Gasteiger partial charge in [-0.2, -0.15) is 0 Å². The van der Waals surface area contributed by atoms with E-state index in [1.54, 1.807) is 18.2 Å². The summed E-state index contributed by atoms with van der Waals surface area (Å²) in [5, 5.41) is 15.5. The third kappa shape index (κ3) is 4.99. The standard InChI is InChI=1S/C22H15ClN4O3S/c23-15-9-10-19-18(11-15)22(26-21(25-19)14-5-2-1-3-6-14)31-13-20(28)24-16-7-4-8-17(12-16)27(29)30/h1-12H,13H2,(H,24,28). The fourth-order valence-corrected chi connectivity index (χ4v) is 3.91.